The van der Waals surface area contributed by atoms with Crippen LogP contribution < -0.4 is 10.6 Å². The lowest BCUT2D eigenvalue weighted by molar-refractivity contribution is -0.135. The van der Waals surface area contributed by atoms with Gasteiger partial charge in [0.15, 0.2) is 0 Å². The van der Waals surface area contributed by atoms with Crippen LogP contribution in [0.15, 0.2) is 42.5 Å². The molecule has 0 saturated heterocycles. The van der Waals surface area contributed by atoms with Crippen molar-refractivity contribution in [2.24, 2.45) is 5.41 Å². The molecule has 0 heterocycles. The average molecular weight is 349 g/mol. The molecule has 0 aliphatic carbocycles. The minimum Gasteiger partial charge on any atom is -0.325 e. The number of hydrogen-bond donors (Lipinski definition) is 2. The maximum Gasteiger partial charge on any atom is 0.239 e. The number of anilines is 2. The SMILES string of the molecule is Cc1c(Cl)cccc1NC(=O)C(C)(C)C(=O)Nc1ccc(F)cc1. The summed E-state index contributed by atoms with van der Waals surface area (Å²) in [6.45, 7) is 4.81. The van der Waals surface area contributed by atoms with Crippen LogP contribution >= 0.6 is 11.6 Å². The van der Waals surface area contributed by atoms with Crippen molar-refractivity contribution in [3.63, 3.8) is 0 Å². The first-order valence-electron chi connectivity index (χ1n) is 7.35. The van der Waals surface area contributed by atoms with Crippen LogP contribution in [0.4, 0.5) is 15.8 Å². The average Bonchev–Trinajstić information content (AvgIpc) is 2.53. The van der Waals surface area contributed by atoms with Gasteiger partial charge in [0.2, 0.25) is 11.8 Å². The van der Waals surface area contributed by atoms with E-state index in [1.54, 1.807) is 25.1 Å². The lowest BCUT2D eigenvalue weighted by atomic mass is 9.90. The van der Waals surface area contributed by atoms with E-state index < -0.39 is 23.0 Å². The minimum absolute atomic E-state index is 0.401. The van der Waals surface area contributed by atoms with Crippen LogP contribution in [-0.2, 0) is 9.59 Å². The molecule has 6 heteroatoms. The molecule has 0 saturated carbocycles. The van der Waals surface area contributed by atoms with Gasteiger partial charge < -0.3 is 10.6 Å². The molecule has 0 aliphatic heterocycles. The first-order chi connectivity index (χ1) is 11.2. The Morgan fingerprint density at radius 3 is 2.21 bits per heavy atom. The Kier molecular flexibility index (Phi) is 5.24. The summed E-state index contributed by atoms with van der Waals surface area (Å²) in [6, 6.07) is 10.5. The van der Waals surface area contributed by atoms with Crippen LogP contribution in [0.1, 0.15) is 19.4 Å². The molecular formula is C18H18ClFN2O2. The number of halogens is 2. The van der Waals surface area contributed by atoms with E-state index in [9.17, 15) is 14.0 Å². The summed E-state index contributed by atoms with van der Waals surface area (Å²) in [4.78, 5) is 24.9. The zero-order chi connectivity index (χ0) is 17.9. The van der Waals surface area contributed by atoms with Crippen molar-refractivity contribution in [1.82, 2.24) is 0 Å². The third kappa shape index (κ3) is 3.92. The largest absolute Gasteiger partial charge is 0.325 e. The number of carbonyl (C=O) groups excluding carboxylic acids is 2. The Balaban J connectivity index is 2.12. The molecule has 2 N–H and O–H groups in total. The molecule has 0 fully saturated rings. The molecule has 2 amide bonds. The number of hydrogen-bond acceptors (Lipinski definition) is 2. The molecule has 0 radical (unpaired) electrons. The molecule has 2 rings (SSSR count). The van der Waals surface area contributed by atoms with Gasteiger partial charge >= 0.3 is 0 Å². The van der Waals surface area contributed by atoms with Crippen molar-refractivity contribution >= 4 is 34.8 Å². The fraction of sp³-hybridized carbons (Fsp3) is 0.222. The topological polar surface area (TPSA) is 58.2 Å². The summed E-state index contributed by atoms with van der Waals surface area (Å²) >= 11 is 6.03. The Labute approximate surface area is 145 Å². The second-order valence-corrected chi connectivity index (χ2v) is 6.36. The second-order valence-electron chi connectivity index (χ2n) is 5.95. The molecule has 0 aromatic heterocycles. The lowest BCUT2D eigenvalue weighted by Gasteiger charge is -2.23. The number of nitrogens with one attached hydrogen (secondary N) is 2. The fourth-order valence-corrected chi connectivity index (χ4v) is 2.12. The van der Waals surface area contributed by atoms with E-state index in [0.29, 0.717) is 16.4 Å². The van der Waals surface area contributed by atoms with Crippen LogP contribution in [0.2, 0.25) is 5.02 Å². The Morgan fingerprint density at radius 1 is 1.00 bits per heavy atom. The summed E-state index contributed by atoms with van der Waals surface area (Å²) in [5.74, 6) is -1.36. The van der Waals surface area contributed by atoms with Crippen molar-refractivity contribution in [2.45, 2.75) is 20.8 Å². The molecule has 24 heavy (non-hydrogen) atoms. The molecule has 2 aromatic rings. The van der Waals surface area contributed by atoms with E-state index in [0.717, 1.165) is 5.56 Å². The maximum atomic E-state index is 12.9. The highest BCUT2D eigenvalue weighted by atomic mass is 35.5. The molecule has 0 atom stereocenters. The predicted molar refractivity (Wildman–Crippen MR) is 93.6 cm³/mol. The van der Waals surface area contributed by atoms with E-state index in [4.69, 9.17) is 11.6 Å². The highest BCUT2D eigenvalue weighted by Crippen LogP contribution is 2.26. The molecule has 0 bridgehead atoms. The van der Waals surface area contributed by atoms with Gasteiger partial charge in [0.25, 0.3) is 0 Å². The van der Waals surface area contributed by atoms with E-state index in [-0.39, 0.29) is 0 Å². The van der Waals surface area contributed by atoms with Gasteiger partial charge in [0.05, 0.1) is 0 Å². The third-order valence-electron chi connectivity index (χ3n) is 3.75. The monoisotopic (exact) mass is 348 g/mol. The summed E-state index contributed by atoms with van der Waals surface area (Å²) in [5.41, 5.74) is 0.363. The summed E-state index contributed by atoms with van der Waals surface area (Å²) in [6.07, 6.45) is 0. The van der Waals surface area contributed by atoms with Crippen LogP contribution in [0.25, 0.3) is 0 Å². The van der Waals surface area contributed by atoms with Gasteiger partial charge in [-0.2, -0.15) is 0 Å². The van der Waals surface area contributed by atoms with Crippen LogP contribution in [0, 0.1) is 18.2 Å². The number of benzene rings is 2. The molecular weight excluding hydrogens is 331 g/mol. The number of carbonyl (C=O) groups is 2. The highest BCUT2D eigenvalue weighted by molar-refractivity contribution is 6.31. The molecule has 0 spiro atoms. The van der Waals surface area contributed by atoms with Crippen LogP contribution in [-0.4, -0.2) is 11.8 Å². The fourth-order valence-electron chi connectivity index (χ4n) is 1.95. The van der Waals surface area contributed by atoms with Gasteiger partial charge in [0.1, 0.15) is 11.2 Å². The quantitative estimate of drug-likeness (QED) is 0.805. The van der Waals surface area contributed by atoms with Gasteiger partial charge in [-0.15, -0.1) is 0 Å². The lowest BCUT2D eigenvalue weighted by Crippen LogP contribution is -2.41. The third-order valence-corrected chi connectivity index (χ3v) is 4.16. The normalized spacial score (nSPS) is 11.0. The zero-order valence-electron chi connectivity index (χ0n) is 13.6. The van der Waals surface area contributed by atoms with Gasteiger partial charge in [-0.05, 0) is 62.7 Å². The van der Waals surface area contributed by atoms with Crippen molar-refractivity contribution in [3.8, 4) is 0 Å². The molecule has 0 unspecified atom stereocenters. The first-order valence-corrected chi connectivity index (χ1v) is 7.73. The minimum atomic E-state index is -1.33. The number of rotatable bonds is 4. The van der Waals surface area contributed by atoms with Gasteiger partial charge in [-0.1, -0.05) is 17.7 Å². The van der Waals surface area contributed by atoms with Gasteiger partial charge in [0, 0.05) is 16.4 Å². The van der Waals surface area contributed by atoms with Crippen molar-refractivity contribution in [1.29, 1.82) is 0 Å². The smallest absolute Gasteiger partial charge is 0.239 e. The van der Waals surface area contributed by atoms with Gasteiger partial charge in [-0.3, -0.25) is 9.59 Å². The first kappa shape index (κ1) is 17.9. The molecule has 0 aliphatic rings. The predicted octanol–water partition coefficient (Wildman–Crippen LogP) is 4.39. The van der Waals surface area contributed by atoms with Crippen molar-refractivity contribution in [2.75, 3.05) is 10.6 Å². The molecule has 2 aromatic carbocycles. The number of amides is 2. The Hall–Kier alpha value is -2.40. The summed E-state index contributed by atoms with van der Waals surface area (Å²) < 4.78 is 12.9. The standard InChI is InChI=1S/C18H18ClFN2O2/c1-11-14(19)5-4-6-15(11)22-17(24)18(2,3)16(23)21-13-9-7-12(20)8-10-13/h4-10H,1-3H3,(H,21,23)(H,22,24). The van der Waals surface area contributed by atoms with E-state index >= 15 is 0 Å². The van der Waals surface area contributed by atoms with Crippen molar-refractivity contribution in [3.05, 3.63) is 58.9 Å². The summed E-state index contributed by atoms with van der Waals surface area (Å²) in [7, 11) is 0. The van der Waals surface area contributed by atoms with E-state index in [1.165, 1.54) is 38.1 Å². The molecule has 4 nitrogen and oxygen atoms in total. The Bertz CT molecular complexity index is 773. The maximum absolute atomic E-state index is 12.9. The van der Waals surface area contributed by atoms with Gasteiger partial charge in [-0.25, -0.2) is 4.39 Å². The van der Waals surface area contributed by atoms with E-state index in [1.807, 2.05) is 0 Å². The second kappa shape index (κ2) is 7.01. The van der Waals surface area contributed by atoms with Crippen LogP contribution in [0.5, 0.6) is 0 Å². The summed E-state index contributed by atoms with van der Waals surface area (Å²) in [5, 5.41) is 5.86. The van der Waals surface area contributed by atoms with E-state index in [2.05, 4.69) is 10.6 Å². The van der Waals surface area contributed by atoms with Crippen LogP contribution in [0.3, 0.4) is 0 Å². The molecule has 126 valence electrons. The van der Waals surface area contributed by atoms with Crippen molar-refractivity contribution < 1.29 is 14.0 Å². The highest BCUT2D eigenvalue weighted by Gasteiger charge is 2.36. The zero-order valence-corrected chi connectivity index (χ0v) is 14.4. The Morgan fingerprint density at radius 2 is 1.58 bits per heavy atom.